The Balaban J connectivity index is 1.51. The van der Waals surface area contributed by atoms with Crippen molar-refractivity contribution < 1.29 is 9.53 Å². The molecule has 6 heteroatoms. The van der Waals surface area contributed by atoms with Gasteiger partial charge in [-0.1, -0.05) is 18.2 Å². The summed E-state index contributed by atoms with van der Waals surface area (Å²) in [6.07, 6.45) is 3.54. The summed E-state index contributed by atoms with van der Waals surface area (Å²) in [4.78, 5) is 14.4. The minimum Gasteiger partial charge on any atom is -0.379 e. The van der Waals surface area contributed by atoms with Crippen LogP contribution in [0.3, 0.4) is 0 Å². The molecule has 0 bridgehead atoms. The third-order valence-electron chi connectivity index (χ3n) is 3.68. The van der Waals surface area contributed by atoms with Crippen molar-refractivity contribution in [2.45, 2.75) is 6.54 Å². The summed E-state index contributed by atoms with van der Waals surface area (Å²) in [5.74, 6) is -0.117. The fraction of sp³-hybridized carbons (Fsp3) is 0.375. The molecule has 2 aromatic rings. The van der Waals surface area contributed by atoms with Crippen molar-refractivity contribution in [1.82, 2.24) is 14.7 Å². The van der Waals surface area contributed by atoms with Crippen molar-refractivity contribution in [3.63, 3.8) is 0 Å². The largest absolute Gasteiger partial charge is 0.379 e. The Bertz CT molecular complexity index is 606. The first kappa shape index (κ1) is 14.7. The second-order valence-corrected chi connectivity index (χ2v) is 5.27. The minimum atomic E-state index is -0.117. The monoisotopic (exact) mass is 300 g/mol. The third kappa shape index (κ3) is 3.93. The van der Waals surface area contributed by atoms with Crippen molar-refractivity contribution in [1.29, 1.82) is 0 Å². The molecule has 1 fully saturated rings. The molecule has 1 aliphatic rings. The lowest BCUT2D eigenvalue weighted by Crippen LogP contribution is -2.38. The molecule has 0 unspecified atom stereocenters. The van der Waals surface area contributed by atoms with Gasteiger partial charge in [-0.25, -0.2) is 0 Å². The van der Waals surface area contributed by atoms with Gasteiger partial charge in [-0.15, -0.1) is 0 Å². The number of ether oxygens (including phenoxy) is 1. The molecule has 116 valence electrons. The molecule has 1 aliphatic heterocycles. The van der Waals surface area contributed by atoms with Crippen molar-refractivity contribution in [3.8, 4) is 0 Å². The molecule has 0 radical (unpaired) electrons. The number of carbonyl (C=O) groups excluding carboxylic acids is 1. The van der Waals surface area contributed by atoms with E-state index in [9.17, 15) is 4.79 Å². The predicted octanol–water partition coefficient (Wildman–Crippen LogP) is 1.47. The zero-order valence-corrected chi connectivity index (χ0v) is 12.4. The highest BCUT2D eigenvalue weighted by atomic mass is 16.5. The van der Waals surface area contributed by atoms with Gasteiger partial charge < -0.3 is 10.1 Å². The van der Waals surface area contributed by atoms with Crippen LogP contribution < -0.4 is 5.32 Å². The molecule has 1 aromatic heterocycles. The first-order valence-corrected chi connectivity index (χ1v) is 7.50. The number of benzene rings is 1. The maximum Gasteiger partial charge on any atom is 0.255 e. The molecule has 2 heterocycles. The average molecular weight is 300 g/mol. The van der Waals surface area contributed by atoms with E-state index < -0.39 is 0 Å². The van der Waals surface area contributed by atoms with E-state index in [4.69, 9.17) is 4.74 Å². The maximum absolute atomic E-state index is 12.1. The summed E-state index contributed by atoms with van der Waals surface area (Å²) in [6, 6.07) is 9.16. The van der Waals surface area contributed by atoms with Gasteiger partial charge in [0.1, 0.15) is 0 Å². The lowest BCUT2D eigenvalue weighted by molar-refractivity contribution is 0.0360. The molecule has 3 rings (SSSR count). The van der Waals surface area contributed by atoms with E-state index in [-0.39, 0.29) is 5.91 Å². The smallest absolute Gasteiger partial charge is 0.255 e. The number of aromatic nitrogens is 2. The Morgan fingerprint density at radius 3 is 2.73 bits per heavy atom. The number of morpholine rings is 1. The number of amides is 1. The van der Waals surface area contributed by atoms with Crippen LogP contribution in [0.4, 0.5) is 5.69 Å². The number of rotatable bonds is 5. The summed E-state index contributed by atoms with van der Waals surface area (Å²) >= 11 is 0. The Morgan fingerprint density at radius 2 is 1.95 bits per heavy atom. The van der Waals surface area contributed by atoms with Crippen molar-refractivity contribution in [2.24, 2.45) is 0 Å². The quantitative estimate of drug-likeness (QED) is 0.908. The highest BCUT2D eigenvalue weighted by molar-refractivity contribution is 6.04. The molecule has 6 nitrogen and oxygen atoms in total. The second-order valence-electron chi connectivity index (χ2n) is 5.27. The van der Waals surface area contributed by atoms with Crippen LogP contribution >= 0.6 is 0 Å². The van der Waals surface area contributed by atoms with Gasteiger partial charge in [-0.05, 0) is 12.1 Å². The molecule has 1 saturated heterocycles. The summed E-state index contributed by atoms with van der Waals surface area (Å²) in [6.45, 7) is 5.30. The third-order valence-corrected chi connectivity index (χ3v) is 3.68. The van der Waals surface area contributed by atoms with Crippen LogP contribution in [-0.4, -0.2) is 53.4 Å². The zero-order valence-electron chi connectivity index (χ0n) is 12.4. The normalized spacial score (nSPS) is 15.6. The van der Waals surface area contributed by atoms with Gasteiger partial charge in [0.15, 0.2) is 0 Å². The van der Waals surface area contributed by atoms with E-state index in [1.807, 2.05) is 29.1 Å². The fourth-order valence-electron chi connectivity index (χ4n) is 2.41. The first-order valence-electron chi connectivity index (χ1n) is 7.50. The summed E-state index contributed by atoms with van der Waals surface area (Å²) < 4.78 is 7.19. The number of anilines is 1. The molecule has 0 atom stereocenters. The van der Waals surface area contributed by atoms with Crippen molar-refractivity contribution in [3.05, 3.63) is 48.3 Å². The van der Waals surface area contributed by atoms with Gasteiger partial charge in [0.25, 0.3) is 5.91 Å². The highest BCUT2D eigenvalue weighted by Crippen LogP contribution is 2.08. The number of nitrogens with one attached hydrogen (secondary N) is 1. The Hall–Kier alpha value is -2.18. The van der Waals surface area contributed by atoms with Crippen molar-refractivity contribution in [2.75, 3.05) is 38.2 Å². The van der Waals surface area contributed by atoms with E-state index >= 15 is 0 Å². The molecule has 1 N–H and O–H groups in total. The molecular formula is C16H20N4O2. The fourth-order valence-corrected chi connectivity index (χ4v) is 2.41. The second kappa shape index (κ2) is 7.20. The lowest BCUT2D eigenvalue weighted by Gasteiger charge is -2.26. The van der Waals surface area contributed by atoms with Crippen LogP contribution in [0.15, 0.2) is 42.7 Å². The predicted molar refractivity (Wildman–Crippen MR) is 83.9 cm³/mol. The summed E-state index contributed by atoms with van der Waals surface area (Å²) in [5.41, 5.74) is 1.36. The minimum absolute atomic E-state index is 0.117. The molecule has 0 aliphatic carbocycles. The average Bonchev–Trinajstić information content (AvgIpc) is 3.02. The van der Waals surface area contributed by atoms with Gasteiger partial charge in [0.2, 0.25) is 0 Å². The van der Waals surface area contributed by atoms with Gasteiger partial charge in [0, 0.05) is 31.4 Å². The topological polar surface area (TPSA) is 59.4 Å². The van der Waals surface area contributed by atoms with E-state index in [0.717, 1.165) is 45.1 Å². The number of hydrogen-bond donors (Lipinski definition) is 1. The highest BCUT2D eigenvalue weighted by Gasteiger charge is 2.11. The van der Waals surface area contributed by atoms with Gasteiger partial charge >= 0.3 is 0 Å². The number of carbonyl (C=O) groups is 1. The van der Waals surface area contributed by atoms with Crippen molar-refractivity contribution >= 4 is 11.6 Å². The summed E-state index contributed by atoms with van der Waals surface area (Å²) in [7, 11) is 0. The number of nitrogens with zero attached hydrogens (tertiary/aromatic N) is 3. The van der Waals surface area contributed by atoms with Crippen LogP contribution in [0.2, 0.25) is 0 Å². The lowest BCUT2D eigenvalue weighted by atomic mass is 10.2. The van der Waals surface area contributed by atoms with E-state index in [1.54, 1.807) is 18.3 Å². The zero-order chi connectivity index (χ0) is 15.2. The van der Waals surface area contributed by atoms with E-state index in [1.165, 1.54) is 0 Å². The van der Waals surface area contributed by atoms with E-state index in [0.29, 0.717) is 5.56 Å². The van der Waals surface area contributed by atoms with Gasteiger partial charge in [-0.2, -0.15) is 5.10 Å². The Kier molecular flexibility index (Phi) is 4.82. The molecule has 1 aromatic carbocycles. The number of hydrogen-bond acceptors (Lipinski definition) is 4. The SMILES string of the molecule is O=C(Nc1cnn(CCN2CCOCC2)c1)c1ccccc1. The molecule has 22 heavy (non-hydrogen) atoms. The van der Waals surface area contributed by atoms with Crippen LogP contribution in [0.5, 0.6) is 0 Å². The molecule has 1 amide bonds. The molecule has 0 spiro atoms. The first-order chi connectivity index (χ1) is 10.8. The van der Waals surface area contributed by atoms with E-state index in [2.05, 4.69) is 15.3 Å². The van der Waals surface area contributed by atoms with Crippen LogP contribution in [0, 0.1) is 0 Å². The van der Waals surface area contributed by atoms with Gasteiger partial charge in [0.05, 0.1) is 31.6 Å². The van der Waals surface area contributed by atoms with Crippen LogP contribution in [0.25, 0.3) is 0 Å². The summed E-state index contributed by atoms with van der Waals surface area (Å²) in [5, 5.41) is 7.15. The standard InChI is InChI=1S/C16H20N4O2/c21-16(14-4-2-1-3-5-14)18-15-12-17-20(13-15)7-6-19-8-10-22-11-9-19/h1-5,12-13H,6-11H2,(H,18,21). The molecular weight excluding hydrogens is 280 g/mol. The molecule has 0 saturated carbocycles. The maximum atomic E-state index is 12.1. The Morgan fingerprint density at radius 1 is 1.18 bits per heavy atom. The Labute approximate surface area is 129 Å². The van der Waals surface area contributed by atoms with Crippen LogP contribution in [-0.2, 0) is 11.3 Å². The van der Waals surface area contributed by atoms with Crippen LogP contribution in [0.1, 0.15) is 10.4 Å². The van der Waals surface area contributed by atoms with Gasteiger partial charge in [-0.3, -0.25) is 14.4 Å².